The van der Waals surface area contributed by atoms with Crippen LogP contribution in [0.25, 0.3) is 0 Å². The van der Waals surface area contributed by atoms with E-state index < -0.39 is 11.9 Å². The minimum atomic E-state index is -1.13. The zero-order chi connectivity index (χ0) is 15.4. The van der Waals surface area contributed by atoms with Gasteiger partial charge in [-0.3, -0.25) is 4.79 Å². The Kier molecular flexibility index (Phi) is 4.39. The number of aromatic nitrogens is 1. The summed E-state index contributed by atoms with van der Waals surface area (Å²) in [5, 5.41) is 11.7. The molecule has 0 bridgehead atoms. The molecule has 2 rings (SSSR count). The zero-order valence-electron chi connectivity index (χ0n) is 11.0. The number of halogens is 1. The van der Waals surface area contributed by atoms with Crippen LogP contribution in [0.5, 0.6) is 5.88 Å². The summed E-state index contributed by atoms with van der Waals surface area (Å²) in [6.07, 6.45) is 1.50. The number of rotatable bonds is 4. The molecule has 108 valence electrons. The number of nitrogens with one attached hydrogen (secondary N) is 1. The van der Waals surface area contributed by atoms with E-state index in [4.69, 9.17) is 21.4 Å². The van der Waals surface area contributed by atoms with Crippen molar-refractivity contribution in [3.8, 4) is 5.88 Å². The largest absolute Gasteiger partial charge is 0.480 e. The van der Waals surface area contributed by atoms with Crippen molar-refractivity contribution < 1.29 is 19.4 Å². The van der Waals surface area contributed by atoms with Crippen LogP contribution in [0.4, 0.5) is 5.69 Å². The van der Waals surface area contributed by atoms with E-state index in [0.717, 1.165) is 0 Å². The van der Waals surface area contributed by atoms with Gasteiger partial charge in [0.1, 0.15) is 5.56 Å². The van der Waals surface area contributed by atoms with Crippen molar-refractivity contribution in [2.24, 2.45) is 0 Å². The maximum absolute atomic E-state index is 12.2. The van der Waals surface area contributed by atoms with Gasteiger partial charge in [0.2, 0.25) is 5.88 Å². The van der Waals surface area contributed by atoms with Crippen LogP contribution in [-0.2, 0) is 0 Å². The molecule has 2 N–H and O–H groups in total. The number of methoxy groups -OCH3 is 1. The standard InChI is InChI=1S/C14H11ClN2O4/c1-21-13-11(3-2-4-16-13)12(18)17-10-6-8(14(19)20)5-9(15)7-10/h2-7H,1H3,(H,17,18)(H,19,20). The molecule has 1 aromatic carbocycles. The van der Waals surface area contributed by atoms with E-state index in [0.29, 0.717) is 0 Å². The summed E-state index contributed by atoms with van der Waals surface area (Å²) in [6.45, 7) is 0. The Bertz CT molecular complexity index is 703. The van der Waals surface area contributed by atoms with Gasteiger partial charge in [0.15, 0.2) is 0 Å². The SMILES string of the molecule is COc1ncccc1C(=O)Nc1cc(Cl)cc(C(=O)O)c1. The monoisotopic (exact) mass is 306 g/mol. The Labute approximate surface area is 125 Å². The molecule has 0 aliphatic heterocycles. The van der Waals surface area contributed by atoms with E-state index in [-0.39, 0.29) is 27.7 Å². The average molecular weight is 307 g/mol. The molecule has 0 aliphatic rings. The quantitative estimate of drug-likeness (QED) is 0.906. The molecule has 0 unspecified atom stereocenters. The molecule has 1 heterocycles. The van der Waals surface area contributed by atoms with Crippen LogP contribution < -0.4 is 10.1 Å². The molecule has 6 nitrogen and oxygen atoms in total. The summed E-state index contributed by atoms with van der Waals surface area (Å²) >= 11 is 5.83. The second kappa shape index (κ2) is 6.23. The van der Waals surface area contributed by atoms with Crippen molar-refractivity contribution in [3.05, 3.63) is 52.7 Å². The second-order valence-corrected chi connectivity index (χ2v) is 4.48. The van der Waals surface area contributed by atoms with Crippen LogP contribution in [0.15, 0.2) is 36.5 Å². The summed E-state index contributed by atoms with van der Waals surface area (Å²) in [5.41, 5.74) is 0.489. The number of anilines is 1. The molecular formula is C14H11ClN2O4. The minimum absolute atomic E-state index is 0.0176. The van der Waals surface area contributed by atoms with Crippen molar-refractivity contribution in [1.82, 2.24) is 4.98 Å². The number of hydrogen-bond acceptors (Lipinski definition) is 4. The Morgan fingerprint density at radius 3 is 2.76 bits per heavy atom. The van der Waals surface area contributed by atoms with E-state index in [2.05, 4.69) is 10.3 Å². The number of aromatic carboxylic acids is 1. The summed E-state index contributed by atoms with van der Waals surface area (Å²) in [4.78, 5) is 27.0. The van der Waals surface area contributed by atoms with E-state index in [1.807, 2.05) is 0 Å². The molecule has 0 fully saturated rings. The van der Waals surface area contributed by atoms with Gasteiger partial charge in [-0.1, -0.05) is 11.6 Å². The summed E-state index contributed by atoms with van der Waals surface area (Å²) in [7, 11) is 1.40. The van der Waals surface area contributed by atoms with Crippen LogP contribution in [0.1, 0.15) is 20.7 Å². The molecule has 21 heavy (non-hydrogen) atoms. The first-order valence-electron chi connectivity index (χ1n) is 5.85. The third-order valence-electron chi connectivity index (χ3n) is 2.61. The van der Waals surface area contributed by atoms with Crippen molar-refractivity contribution in [2.45, 2.75) is 0 Å². The van der Waals surface area contributed by atoms with Crippen LogP contribution in [0.2, 0.25) is 5.02 Å². The molecule has 0 saturated carbocycles. The molecule has 7 heteroatoms. The molecule has 0 radical (unpaired) electrons. The first kappa shape index (κ1) is 14.8. The fraction of sp³-hybridized carbons (Fsp3) is 0.0714. The first-order valence-corrected chi connectivity index (χ1v) is 6.23. The highest BCUT2D eigenvalue weighted by molar-refractivity contribution is 6.31. The number of hydrogen-bond donors (Lipinski definition) is 2. The molecule has 0 aliphatic carbocycles. The van der Waals surface area contributed by atoms with Gasteiger partial charge in [0, 0.05) is 16.9 Å². The molecule has 0 saturated heterocycles. The number of carbonyl (C=O) groups is 2. The second-order valence-electron chi connectivity index (χ2n) is 4.05. The molecule has 1 amide bonds. The zero-order valence-corrected chi connectivity index (χ0v) is 11.7. The Hall–Kier alpha value is -2.60. The third kappa shape index (κ3) is 3.49. The number of carboxylic acid groups (broad SMARTS) is 1. The lowest BCUT2D eigenvalue weighted by atomic mass is 10.2. The fourth-order valence-electron chi connectivity index (χ4n) is 1.71. The third-order valence-corrected chi connectivity index (χ3v) is 2.83. The molecular weight excluding hydrogens is 296 g/mol. The Morgan fingerprint density at radius 1 is 1.33 bits per heavy atom. The van der Waals surface area contributed by atoms with Gasteiger partial charge >= 0.3 is 5.97 Å². The maximum atomic E-state index is 12.2. The van der Waals surface area contributed by atoms with Gasteiger partial charge in [-0.2, -0.15) is 0 Å². The normalized spacial score (nSPS) is 10.0. The molecule has 0 spiro atoms. The van der Waals surface area contributed by atoms with Gasteiger partial charge in [0.25, 0.3) is 5.91 Å². The fourth-order valence-corrected chi connectivity index (χ4v) is 1.95. The van der Waals surface area contributed by atoms with Crippen LogP contribution in [-0.4, -0.2) is 29.1 Å². The highest BCUT2D eigenvalue weighted by Crippen LogP contribution is 2.21. The number of carboxylic acids is 1. The van der Waals surface area contributed by atoms with Crippen molar-refractivity contribution in [2.75, 3.05) is 12.4 Å². The van der Waals surface area contributed by atoms with E-state index in [9.17, 15) is 9.59 Å². The topological polar surface area (TPSA) is 88.5 Å². The van der Waals surface area contributed by atoms with Crippen LogP contribution in [0, 0.1) is 0 Å². The summed E-state index contributed by atoms with van der Waals surface area (Å²) in [5.74, 6) is -1.43. The molecule has 1 aromatic heterocycles. The minimum Gasteiger partial charge on any atom is -0.480 e. The van der Waals surface area contributed by atoms with E-state index in [1.165, 1.54) is 31.5 Å². The van der Waals surface area contributed by atoms with Crippen LogP contribution >= 0.6 is 11.6 Å². The average Bonchev–Trinajstić information content (AvgIpc) is 2.46. The van der Waals surface area contributed by atoms with Crippen molar-refractivity contribution >= 4 is 29.2 Å². The Balaban J connectivity index is 2.29. The van der Waals surface area contributed by atoms with Crippen molar-refractivity contribution in [3.63, 3.8) is 0 Å². The lowest BCUT2D eigenvalue weighted by Crippen LogP contribution is -2.14. The number of amides is 1. The number of ether oxygens (including phenoxy) is 1. The number of nitrogens with zero attached hydrogens (tertiary/aromatic N) is 1. The smallest absolute Gasteiger partial charge is 0.335 e. The first-order chi connectivity index (χ1) is 10.0. The maximum Gasteiger partial charge on any atom is 0.335 e. The van der Waals surface area contributed by atoms with E-state index in [1.54, 1.807) is 12.1 Å². The van der Waals surface area contributed by atoms with Gasteiger partial charge < -0.3 is 15.2 Å². The predicted octanol–water partition coefficient (Wildman–Crippen LogP) is 2.69. The number of carbonyl (C=O) groups excluding carboxylic acids is 1. The van der Waals surface area contributed by atoms with Gasteiger partial charge in [-0.15, -0.1) is 0 Å². The molecule has 2 aromatic rings. The lowest BCUT2D eigenvalue weighted by molar-refractivity contribution is 0.0696. The number of pyridine rings is 1. The van der Waals surface area contributed by atoms with E-state index >= 15 is 0 Å². The highest BCUT2D eigenvalue weighted by atomic mass is 35.5. The highest BCUT2D eigenvalue weighted by Gasteiger charge is 2.14. The number of benzene rings is 1. The molecule has 0 atom stereocenters. The predicted molar refractivity (Wildman–Crippen MR) is 77.2 cm³/mol. The van der Waals surface area contributed by atoms with Gasteiger partial charge in [-0.05, 0) is 30.3 Å². The van der Waals surface area contributed by atoms with Crippen molar-refractivity contribution in [1.29, 1.82) is 0 Å². The summed E-state index contributed by atoms with van der Waals surface area (Å²) < 4.78 is 5.00. The summed E-state index contributed by atoms with van der Waals surface area (Å²) in [6, 6.07) is 7.20. The van der Waals surface area contributed by atoms with Crippen LogP contribution in [0.3, 0.4) is 0 Å². The van der Waals surface area contributed by atoms with Gasteiger partial charge in [-0.25, -0.2) is 9.78 Å². The van der Waals surface area contributed by atoms with Gasteiger partial charge in [0.05, 0.1) is 12.7 Å². The Morgan fingerprint density at radius 2 is 2.10 bits per heavy atom. The lowest BCUT2D eigenvalue weighted by Gasteiger charge is -2.09.